The summed E-state index contributed by atoms with van der Waals surface area (Å²) in [5.74, 6) is 0.772. The Bertz CT molecular complexity index is 864. The second kappa shape index (κ2) is 7.82. The minimum atomic E-state index is -0.270. The van der Waals surface area contributed by atoms with E-state index >= 15 is 0 Å². The Balaban J connectivity index is 1.69. The Kier molecular flexibility index (Phi) is 5.67. The number of aromatic nitrogens is 4. The van der Waals surface area contributed by atoms with Crippen LogP contribution in [0.3, 0.4) is 0 Å². The molecule has 0 saturated carbocycles. The van der Waals surface area contributed by atoms with Gasteiger partial charge in [0.05, 0.1) is 16.4 Å². The Morgan fingerprint density at radius 3 is 2.67 bits per heavy atom. The van der Waals surface area contributed by atoms with Crippen molar-refractivity contribution in [2.75, 3.05) is 25.0 Å². The van der Waals surface area contributed by atoms with Crippen LogP contribution in [0.5, 0.6) is 0 Å². The van der Waals surface area contributed by atoms with Crippen molar-refractivity contribution in [1.82, 2.24) is 30.4 Å². The summed E-state index contributed by atoms with van der Waals surface area (Å²) in [7, 11) is 3.48. The number of nitrogens with zero attached hydrogens (tertiary/aromatic N) is 5. The van der Waals surface area contributed by atoms with Gasteiger partial charge in [-0.05, 0) is 27.2 Å². The first-order valence-electron chi connectivity index (χ1n) is 9.05. The van der Waals surface area contributed by atoms with E-state index in [-0.39, 0.29) is 11.7 Å². The number of anilines is 1. The number of carbonyl (C=O) groups is 1. The highest BCUT2D eigenvalue weighted by Gasteiger charge is 2.26. The van der Waals surface area contributed by atoms with Crippen molar-refractivity contribution in [3.05, 3.63) is 33.5 Å². The number of amides is 1. The fourth-order valence-corrected chi connectivity index (χ4v) is 3.49. The zero-order valence-electron chi connectivity index (χ0n) is 16.4. The van der Waals surface area contributed by atoms with Crippen LogP contribution in [0.25, 0.3) is 0 Å². The van der Waals surface area contributed by atoms with Gasteiger partial charge in [-0.3, -0.25) is 9.48 Å². The topological polar surface area (TPSA) is 88.0 Å². The molecule has 1 saturated heterocycles. The lowest BCUT2D eigenvalue weighted by Gasteiger charge is -2.21. The van der Waals surface area contributed by atoms with Gasteiger partial charge in [-0.25, -0.2) is 9.97 Å². The van der Waals surface area contributed by atoms with Crippen molar-refractivity contribution in [3.8, 4) is 0 Å². The van der Waals surface area contributed by atoms with E-state index in [4.69, 9.17) is 11.6 Å². The van der Waals surface area contributed by atoms with Crippen LogP contribution in [0.4, 0.5) is 5.82 Å². The van der Waals surface area contributed by atoms with Crippen LogP contribution < -0.4 is 15.5 Å². The highest BCUT2D eigenvalue weighted by atomic mass is 35.5. The number of carbonyl (C=O) groups excluding carboxylic acids is 1. The molecule has 0 spiro atoms. The molecule has 0 aromatic carbocycles. The third-order valence-corrected chi connectivity index (χ3v) is 5.66. The zero-order valence-corrected chi connectivity index (χ0v) is 17.2. The van der Waals surface area contributed by atoms with Crippen LogP contribution in [0.15, 0.2) is 0 Å². The quantitative estimate of drug-likeness (QED) is 0.803. The van der Waals surface area contributed by atoms with Crippen molar-refractivity contribution < 1.29 is 4.79 Å². The van der Waals surface area contributed by atoms with Crippen LogP contribution in [-0.4, -0.2) is 51.8 Å². The van der Waals surface area contributed by atoms with E-state index in [0.29, 0.717) is 12.6 Å². The predicted octanol–water partition coefficient (Wildman–Crippen LogP) is 1.52. The summed E-state index contributed by atoms with van der Waals surface area (Å²) in [5, 5.41) is 11.3. The minimum Gasteiger partial charge on any atom is -0.355 e. The van der Waals surface area contributed by atoms with Crippen LogP contribution in [-0.2, 0) is 13.6 Å². The lowest BCUT2D eigenvalue weighted by Crippen LogP contribution is -2.33. The molecule has 1 atom stereocenters. The van der Waals surface area contributed by atoms with Gasteiger partial charge in [0.1, 0.15) is 5.82 Å². The maximum absolute atomic E-state index is 11.9. The predicted molar refractivity (Wildman–Crippen MR) is 105 cm³/mol. The SMILES string of the molecule is CNC(=O)c1nc(C)c(C)c(N2CC[C@@H](NCc3nn(C)c(C)c3Cl)C2)n1. The molecule has 2 aromatic heterocycles. The Morgan fingerprint density at radius 2 is 2.04 bits per heavy atom. The molecule has 3 heterocycles. The van der Waals surface area contributed by atoms with Gasteiger partial charge in [-0.15, -0.1) is 0 Å². The molecule has 1 aliphatic heterocycles. The average molecular weight is 392 g/mol. The van der Waals surface area contributed by atoms with Crippen molar-refractivity contribution in [3.63, 3.8) is 0 Å². The standard InChI is InChI=1S/C18H26ClN7O/c1-10-11(2)22-16(18(27)20-4)23-17(10)26-7-6-13(9-26)21-8-14-15(19)12(3)25(5)24-14/h13,21H,6-9H2,1-5H3,(H,20,27)/t13-/m1/s1. The van der Waals surface area contributed by atoms with E-state index in [1.54, 1.807) is 11.7 Å². The molecule has 2 aromatic rings. The molecule has 9 heteroatoms. The van der Waals surface area contributed by atoms with Crippen molar-refractivity contribution >= 4 is 23.3 Å². The maximum atomic E-state index is 11.9. The fraction of sp³-hybridized carbons (Fsp3) is 0.556. The lowest BCUT2D eigenvalue weighted by atomic mass is 10.2. The van der Waals surface area contributed by atoms with Crippen molar-refractivity contribution in [2.45, 2.75) is 39.8 Å². The van der Waals surface area contributed by atoms with Gasteiger partial charge in [0.2, 0.25) is 5.82 Å². The van der Waals surface area contributed by atoms with Gasteiger partial charge in [0, 0.05) is 51.0 Å². The molecule has 8 nitrogen and oxygen atoms in total. The smallest absolute Gasteiger partial charge is 0.288 e. The molecule has 1 amide bonds. The first-order valence-corrected chi connectivity index (χ1v) is 9.43. The third-order valence-electron chi connectivity index (χ3n) is 5.17. The van der Waals surface area contributed by atoms with Gasteiger partial charge < -0.3 is 15.5 Å². The third kappa shape index (κ3) is 3.91. The lowest BCUT2D eigenvalue weighted by molar-refractivity contribution is 0.0952. The highest BCUT2D eigenvalue weighted by Crippen LogP contribution is 2.25. The highest BCUT2D eigenvalue weighted by molar-refractivity contribution is 6.31. The zero-order chi connectivity index (χ0) is 19.7. The molecule has 0 radical (unpaired) electrons. The molecule has 0 unspecified atom stereocenters. The largest absolute Gasteiger partial charge is 0.355 e. The first kappa shape index (κ1) is 19.6. The van der Waals surface area contributed by atoms with E-state index in [1.807, 2.05) is 27.8 Å². The van der Waals surface area contributed by atoms with Gasteiger partial charge >= 0.3 is 0 Å². The van der Waals surface area contributed by atoms with Crippen molar-refractivity contribution in [2.24, 2.45) is 7.05 Å². The molecule has 2 N–H and O–H groups in total. The summed E-state index contributed by atoms with van der Waals surface area (Å²) in [6.07, 6.45) is 0.987. The van der Waals surface area contributed by atoms with Gasteiger partial charge in [-0.2, -0.15) is 5.10 Å². The van der Waals surface area contributed by atoms with E-state index < -0.39 is 0 Å². The van der Waals surface area contributed by atoms with Crippen LogP contribution in [0.2, 0.25) is 5.02 Å². The molecule has 1 aliphatic rings. The molecule has 0 bridgehead atoms. The van der Waals surface area contributed by atoms with Gasteiger partial charge in [0.15, 0.2) is 0 Å². The monoisotopic (exact) mass is 391 g/mol. The summed E-state index contributed by atoms with van der Waals surface area (Å²) < 4.78 is 1.80. The maximum Gasteiger partial charge on any atom is 0.288 e. The van der Waals surface area contributed by atoms with Gasteiger partial charge in [-0.1, -0.05) is 11.6 Å². The number of aryl methyl sites for hydroxylation is 2. The first-order chi connectivity index (χ1) is 12.8. The van der Waals surface area contributed by atoms with Crippen LogP contribution in [0.1, 0.15) is 39.7 Å². The van der Waals surface area contributed by atoms with E-state index in [0.717, 1.165) is 53.0 Å². The Labute approximate surface area is 164 Å². The van der Waals surface area contributed by atoms with Crippen molar-refractivity contribution in [1.29, 1.82) is 0 Å². The molecule has 0 aliphatic carbocycles. The molecule has 146 valence electrons. The number of halogens is 1. The molecule has 27 heavy (non-hydrogen) atoms. The summed E-state index contributed by atoms with van der Waals surface area (Å²) in [4.78, 5) is 23.0. The average Bonchev–Trinajstić information content (AvgIpc) is 3.22. The van der Waals surface area contributed by atoms with E-state index in [2.05, 4.69) is 30.6 Å². The molecular weight excluding hydrogens is 366 g/mol. The summed E-state index contributed by atoms with van der Waals surface area (Å²) >= 11 is 6.33. The number of hydrogen-bond donors (Lipinski definition) is 2. The minimum absolute atomic E-state index is 0.211. The van der Waals surface area contributed by atoms with Gasteiger partial charge in [0.25, 0.3) is 5.91 Å². The fourth-order valence-electron chi connectivity index (χ4n) is 3.26. The number of hydrogen-bond acceptors (Lipinski definition) is 6. The van der Waals surface area contributed by atoms with E-state index in [9.17, 15) is 4.79 Å². The number of nitrogens with one attached hydrogen (secondary N) is 2. The molecular formula is C18H26ClN7O. The molecule has 1 fully saturated rings. The summed E-state index contributed by atoms with van der Waals surface area (Å²) in [6.45, 7) is 8.18. The van der Waals surface area contributed by atoms with Crippen LogP contribution in [0, 0.1) is 20.8 Å². The Hall–Kier alpha value is -2.19. The Morgan fingerprint density at radius 1 is 1.30 bits per heavy atom. The number of rotatable bonds is 5. The van der Waals surface area contributed by atoms with Crippen LogP contribution >= 0.6 is 11.6 Å². The summed E-state index contributed by atoms with van der Waals surface area (Å²) in [6, 6.07) is 0.307. The second-order valence-electron chi connectivity index (χ2n) is 6.94. The second-order valence-corrected chi connectivity index (χ2v) is 7.32. The molecule has 3 rings (SSSR count). The normalized spacial score (nSPS) is 16.8. The summed E-state index contributed by atoms with van der Waals surface area (Å²) in [5.41, 5.74) is 3.67. The van der Waals surface area contributed by atoms with E-state index in [1.165, 1.54) is 0 Å².